The minimum Gasteiger partial charge on any atom is -0.261 e. The van der Waals surface area contributed by atoms with Crippen LogP contribution in [0.5, 0.6) is 0 Å². The average Bonchev–Trinajstić information content (AvgIpc) is 2.97. The Kier molecular flexibility index (Phi) is 2.49. The predicted molar refractivity (Wildman–Crippen MR) is 80.6 cm³/mol. The van der Waals surface area contributed by atoms with Crippen molar-refractivity contribution in [1.82, 2.24) is 15.2 Å². The molecule has 4 rings (SSSR count). The smallest absolute Gasteiger partial charge is 0.155 e. The van der Waals surface area contributed by atoms with E-state index >= 15 is 0 Å². The van der Waals surface area contributed by atoms with E-state index in [9.17, 15) is 0 Å². The van der Waals surface area contributed by atoms with Crippen LogP contribution in [-0.4, -0.2) is 15.2 Å². The van der Waals surface area contributed by atoms with Gasteiger partial charge in [0, 0.05) is 17.0 Å². The monoisotopic (exact) mass is 259 g/mol. The van der Waals surface area contributed by atoms with Gasteiger partial charge in [0.2, 0.25) is 0 Å². The third-order valence-corrected chi connectivity index (χ3v) is 3.64. The van der Waals surface area contributed by atoms with Crippen LogP contribution < -0.4 is 0 Å². The van der Waals surface area contributed by atoms with Gasteiger partial charge in [-0.05, 0) is 22.9 Å². The number of H-pyrrole nitrogens is 1. The van der Waals surface area contributed by atoms with Crippen molar-refractivity contribution in [2.45, 2.75) is 6.42 Å². The molecule has 0 spiro atoms. The first kappa shape index (κ1) is 11.2. The second-order valence-electron chi connectivity index (χ2n) is 4.93. The van der Waals surface area contributed by atoms with E-state index in [-0.39, 0.29) is 0 Å². The molecule has 0 unspecified atom stereocenters. The summed E-state index contributed by atoms with van der Waals surface area (Å²) in [4.78, 5) is 4.40. The van der Waals surface area contributed by atoms with E-state index in [4.69, 9.17) is 0 Å². The zero-order chi connectivity index (χ0) is 13.4. The first-order chi connectivity index (χ1) is 9.92. The molecular formula is C17H13N3. The fraction of sp³-hybridized carbons (Fsp3) is 0.0588. The third-order valence-electron chi connectivity index (χ3n) is 3.64. The van der Waals surface area contributed by atoms with Crippen molar-refractivity contribution in [1.29, 1.82) is 0 Å². The summed E-state index contributed by atoms with van der Waals surface area (Å²) in [5.41, 5.74) is 3.47. The molecule has 0 aliphatic heterocycles. The third kappa shape index (κ3) is 1.75. The number of pyridine rings is 1. The first-order valence-corrected chi connectivity index (χ1v) is 6.65. The van der Waals surface area contributed by atoms with Crippen LogP contribution >= 0.6 is 0 Å². The molecule has 0 fully saturated rings. The van der Waals surface area contributed by atoms with E-state index in [1.54, 1.807) is 0 Å². The van der Waals surface area contributed by atoms with Crippen molar-refractivity contribution in [3.05, 3.63) is 72.1 Å². The topological polar surface area (TPSA) is 41.6 Å². The number of aromatic amines is 1. The molecule has 96 valence electrons. The highest BCUT2D eigenvalue weighted by Gasteiger charge is 2.08. The fourth-order valence-corrected chi connectivity index (χ4v) is 2.71. The molecule has 0 saturated heterocycles. The summed E-state index contributed by atoms with van der Waals surface area (Å²) in [7, 11) is 0. The van der Waals surface area contributed by atoms with Crippen LogP contribution in [0.25, 0.3) is 21.8 Å². The SMILES string of the molecule is c1ccc(Cc2cccc3cnc4[nH]ncc4c23)cc1. The van der Waals surface area contributed by atoms with Crippen molar-refractivity contribution in [3.8, 4) is 0 Å². The average molecular weight is 259 g/mol. The van der Waals surface area contributed by atoms with Gasteiger partial charge in [0.25, 0.3) is 0 Å². The fourth-order valence-electron chi connectivity index (χ4n) is 2.71. The van der Waals surface area contributed by atoms with E-state index in [0.29, 0.717) is 0 Å². The molecule has 4 aromatic rings. The van der Waals surface area contributed by atoms with Gasteiger partial charge in [-0.2, -0.15) is 5.10 Å². The Hall–Kier alpha value is -2.68. The molecule has 2 heterocycles. The number of benzene rings is 2. The molecule has 0 amide bonds. The lowest BCUT2D eigenvalue weighted by Gasteiger charge is -2.07. The molecule has 0 aliphatic rings. The molecule has 0 saturated carbocycles. The van der Waals surface area contributed by atoms with Gasteiger partial charge < -0.3 is 0 Å². The van der Waals surface area contributed by atoms with Crippen LogP contribution in [0.3, 0.4) is 0 Å². The largest absolute Gasteiger partial charge is 0.261 e. The van der Waals surface area contributed by atoms with Gasteiger partial charge in [0.1, 0.15) is 0 Å². The molecule has 0 aliphatic carbocycles. The van der Waals surface area contributed by atoms with E-state index in [1.165, 1.54) is 16.5 Å². The molecule has 3 heteroatoms. The molecule has 0 radical (unpaired) electrons. The van der Waals surface area contributed by atoms with E-state index in [0.717, 1.165) is 22.8 Å². The Morgan fingerprint density at radius 3 is 2.70 bits per heavy atom. The lowest BCUT2D eigenvalue weighted by Crippen LogP contribution is -1.91. The van der Waals surface area contributed by atoms with Crippen molar-refractivity contribution in [2.24, 2.45) is 0 Å². The van der Waals surface area contributed by atoms with Gasteiger partial charge in [-0.1, -0.05) is 48.5 Å². The molecule has 0 atom stereocenters. The number of hydrogen-bond donors (Lipinski definition) is 1. The Morgan fingerprint density at radius 1 is 0.900 bits per heavy atom. The first-order valence-electron chi connectivity index (χ1n) is 6.65. The molecule has 20 heavy (non-hydrogen) atoms. The van der Waals surface area contributed by atoms with Crippen LogP contribution in [0.2, 0.25) is 0 Å². The minimum atomic E-state index is 0.845. The zero-order valence-corrected chi connectivity index (χ0v) is 10.9. The van der Waals surface area contributed by atoms with Crippen molar-refractivity contribution < 1.29 is 0 Å². The second kappa shape index (κ2) is 4.46. The van der Waals surface area contributed by atoms with Gasteiger partial charge in [-0.3, -0.25) is 5.10 Å². The Labute approximate surface area is 116 Å². The van der Waals surface area contributed by atoms with E-state index < -0.39 is 0 Å². The summed E-state index contributed by atoms with van der Waals surface area (Å²) in [6.07, 6.45) is 4.69. The summed E-state index contributed by atoms with van der Waals surface area (Å²) >= 11 is 0. The maximum Gasteiger partial charge on any atom is 0.155 e. The second-order valence-corrected chi connectivity index (χ2v) is 4.93. The maximum absolute atomic E-state index is 4.40. The minimum absolute atomic E-state index is 0.845. The van der Waals surface area contributed by atoms with Crippen molar-refractivity contribution in [3.63, 3.8) is 0 Å². The standard InChI is InChI=1S/C17H13N3/c1-2-5-12(6-3-1)9-13-7-4-8-14-10-18-17-15(16(13)14)11-19-20-17/h1-8,10-11H,9H2,(H,18,19,20). The Bertz CT molecular complexity index is 878. The van der Waals surface area contributed by atoms with Gasteiger partial charge in [0.05, 0.1) is 6.20 Å². The number of nitrogens with one attached hydrogen (secondary N) is 1. The van der Waals surface area contributed by atoms with Crippen LogP contribution in [0.1, 0.15) is 11.1 Å². The quantitative estimate of drug-likeness (QED) is 0.596. The lowest BCUT2D eigenvalue weighted by molar-refractivity contribution is 1.10. The highest BCUT2D eigenvalue weighted by molar-refractivity contribution is 6.05. The molecule has 1 N–H and O–H groups in total. The molecule has 3 nitrogen and oxygen atoms in total. The highest BCUT2D eigenvalue weighted by atomic mass is 15.1. The van der Waals surface area contributed by atoms with Crippen LogP contribution in [-0.2, 0) is 6.42 Å². The summed E-state index contributed by atoms with van der Waals surface area (Å²) < 4.78 is 0. The number of hydrogen-bond acceptors (Lipinski definition) is 2. The summed E-state index contributed by atoms with van der Waals surface area (Å²) in [5.74, 6) is 0. The molecule has 2 aromatic carbocycles. The lowest BCUT2D eigenvalue weighted by atomic mass is 9.98. The zero-order valence-electron chi connectivity index (χ0n) is 10.9. The normalized spacial score (nSPS) is 11.2. The number of aromatic nitrogens is 3. The highest BCUT2D eigenvalue weighted by Crippen LogP contribution is 2.27. The Balaban J connectivity index is 1.96. The van der Waals surface area contributed by atoms with Crippen molar-refractivity contribution >= 4 is 21.8 Å². The number of nitrogens with zero attached hydrogens (tertiary/aromatic N) is 2. The van der Waals surface area contributed by atoms with E-state index in [1.807, 2.05) is 18.5 Å². The Morgan fingerprint density at radius 2 is 1.80 bits per heavy atom. The molecule has 0 bridgehead atoms. The maximum atomic E-state index is 4.40. The van der Waals surface area contributed by atoms with Gasteiger partial charge in [-0.15, -0.1) is 0 Å². The van der Waals surface area contributed by atoms with E-state index in [2.05, 4.69) is 57.6 Å². The van der Waals surface area contributed by atoms with Crippen LogP contribution in [0.4, 0.5) is 0 Å². The number of rotatable bonds is 2. The number of fused-ring (bicyclic) bond motifs is 3. The summed E-state index contributed by atoms with van der Waals surface area (Å²) in [5, 5.41) is 10.6. The van der Waals surface area contributed by atoms with Crippen LogP contribution in [0.15, 0.2) is 60.9 Å². The van der Waals surface area contributed by atoms with Crippen LogP contribution in [0, 0.1) is 0 Å². The molecule has 2 aromatic heterocycles. The van der Waals surface area contributed by atoms with Crippen molar-refractivity contribution in [2.75, 3.05) is 0 Å². The summed E-state index contributed by atoms with van der Waals surface area (Å²) in [6, 6.07) is 16.9. The molecular weight excluding hydrogens is 246 g/mol. The van der Waals surface area contributed by atoms with Gasteiger partial charge in [-0.25, -0.2) is 4.98 Å². The van der Waals surface area contributed by atoms with Gasteiger partial charge >= 0.3 is 0 Å². The summed E-state index contributed by atoms with van der Waals surface area (Å²) in [6.45, 7) is 0. The van der Waals surface area contributed by atoms with Gasteiger partial charge in [0.15, 0.2) is 5.65 Å². The predicted octanol–water partition coefficient (Wildman–Crippen LogP) is 3.70.